The van der Waals surface area contributed by atoms with Crippen molar-refractivity contribution in [3.63, 3.8) is 0 Å². The number of hydrogen-bond donors (Lipinski definition) is 0. The van der Waals surface area contributed by atoms with Gasteiger partial charge in [0.15, 0.2) is 0 Å². The minimum atomic E-state index is -0.957. The maximum Gasteiger partial charge on any atom is 0.329 e. The van der Waals surface area contributed by atoms with Crippen LogP contribution in [0.5, 0.6) is 5.75 Å². The van der Waals surface area contributed by atoms with Gasteiger partial charge in [0.2, 0.25) is 0 Å². The smallest absolute Gasteiger partial charge is 0.329 e. The van der Waals surface area contributed by atoms with Gasteiger partial charge in [-0.3, -0.25) is 14.5 Å². The number of carbonyl (C=O) groups is 3. The SMILES string of the molecule is CCOC(=O)[C@H](C)N1C(=O)S/C(=C\c2ccc(OC(C)C)c(Br)c2)C1=O. The van der Waals surface area contributed by atoms with Crippen molar-refractivity contribution in [1.29, 1.82) is 0 Å². The molecule has 2 rings (SSSR count). The molecular formula is C18H20BrNO5S. The minimum absolute atomic E-state index is 0.0398. The van der Waals surface area contributed by atoms with Crippen molar-refractivity contribution in [2.75, 3.05) is 6.61 Å². The van der Waals surface area contributed by atoms with Crippen molar-refractivity contribution >= 4 is 50.9 Å². The summed E-state index contributed by atoms with van der Waals surface area (Å²) in [6.07, 6.45) is 1.66. The summed E-state index contributed by atoms with van der Waals surface area (Å²) in [5.41, 5.74) is 0.738. The monoisotopic (exact) mass is 441 g/mol. The average Bonchev–Trinajstić information content (AvgIpc) is 2.83. The molecule has 26 heavy (non-hydrogen) atoms. The van der Waals surface area contributed by atoms with Crippen molar-refractivity contribution in [3.05, 3.63) is 33.1 Å². The zero-order valence-corrected chi connectivity index (χ0v) is 17.3. The zero-order valence-electron chi connectivity index (χ0n) is 14.9. The van der Waals surface area contributed by atoms with Gasteiger partial charge in [0.25, 0.3) is 11.1 Å². The molecule has 0 radical (unpaired) electrons. The van der Waals surface area contributed by atoms with Gasteiger partial charge in [-0.15, -0.1) is 0 Å². The molecule has 1 aromatic carbocycles. The fraction of sp³-hybridized carbons (Fsp3) is 0.389. The van der Waals surface area contributed by atoms with Crippen LogP contribution in [0.4, 0.5) is 4.79 Å². The van der Waals surface area contributed by atoms with E-state index in [9.17, 15) is 14.4 Å². The molecule has 1 atom stereocenters. The van der Waals surface area contributed by atoms with Crippen LogP contribution in [0.25, 0.3) is 6.08 Å². The standard InChI is InChI=1S/C18H20BrNO5S/c1-5-24-17(22)11(4)20-16(21)15(26-18(20)23)9-12-6-7-14(13(19)8-12)25-10(2)3/h6-11H,5H2,1-4H3/b15-9-/t11-/m0/s1. The van der Waals surface area contributed by atoms with Crippen LogP contribution in [0, 0.1) is 0 Å². The Morgan fingerprint density at radius 3 is 2.58 bits per heavy atom. The Morgan fingerprint density at radius 2 is 2.00 bits per heavy atom. The predicted molar refractivity (Wildman–Crippen MR) is 104 cm³/mol. The van der Waals surface area contributed by atoms with Gasteiger partial charge in [0.05, 0.1) is 22.1 Å². The molecule has 6 nitrogen and oxygen atoms in total. The highest BCUT2D eigenvalue weighted by molar-refractivity contribution is 9.10. The van der Waals surface area contributed by atoms with E-state index in [4.69, 9.17) is 9.47 Å². The van der Waals surface area contributed by atoms with E-state index in [1.165, 1.54) is 6.92 Å². The molecule has 8 heteroatoms. The molecule has 1 fully saturated rings. The second-order valence-electron chi connectivity index (χ2n) is 5.84. The molecule has 2 amide bonds. The lowest BCUT2D eigenvalue weighted by molar-refractivity contribution is -0.150. The molecule has 1 aromatic rings. The van der Waals surface area contributed by atoms with Crippen molar-refractivity contribution in [2.45, 2.75) is 39.8 Å². The number of esters is 1. The van der Waals surface area contributed by atoms with Gasteiger partial charge in [-0.1, -0.05) is 6.07 Å². The first-order valence-corrected chi connectivity index (χ1v) is 9.75. The number of thioether (sulfide) groups is 1. The molecule has 1 saturated heterocycles. The third-order valence-corrected chi connectivity index (χ3v) is 4.96. The van der Waals surface area contributed by atoms with Crippen LogP contribution >= 0.6 is 27.7 Å². The molecule has 0 spiro atoms. The van der Waals surface area contributed by atoms with Gasteiger partial charge in [0.1, 0.15) is 11.8 Å². The van der Waals surface area contributed by atoms with Crippen LogP contribution in [-0.4, -0.2) is 40.8 Å². The number of nitrogens with zero attached hydrogens (tertiary/aromatic N) is 1. The van der Waals surface area contributed by atoms with Crippen molar-refractivity contribution in [3.8, 4) is 5.75 Å². The predicted octanol–water partition coefficient (Wildman–Crippen LogP) is 4.22. The summed E-state index contributed by atoms with van der Waals surface area (Å²) in [5.74, 6) is -0.408. The summed E-state index contributed by atoms with van der Waals surface area (Å²) >= 11 is 4.24. The van der Waals surface area contributed by atoms with Crippen LogP contribution in [-0.2, 0) is 14.3 Å². The first kappa shape index (κ1) is 20.5. The third-order valence-electron chi connectivity index (χ3n) is 3.45. The van der Waals surface area contributed by atoms with E-state index >= 15 is 0 Å². The van der Waals surface area contributed by atoms with E-state index in [1.807, 2.05) is 13.8 Å². The maximum absolute atomic E-state index is 12.5. The molecule has 0 N–H and O–H groups in total. The van der Waals surface area contributed by atoms with E-state index in [-0.39, 0.29) is 17.6 Å². The minimum Gasteiger partial charge on any atom is -0.490 e. The second-order valence-corrected chi connectivity index (χ2v) is 7.68. The number of benzene rings is 1. The van der Waals surface area contributed by atoms with Crippen LogP contribution in [0.1, 0.15) is 33.3 Å². The highest BCUT2D eigenvalue weighted by Crippen LogP contribution is 2.35. The van der Waals surface area contributed by atoms with E-state index < -0.39 is 23.2 Å². The highest BCUT2D eigenvalue weighted by Gasteiger charge is 2.41. The molecule has 1 aliphatic rings. The Labute approximate surface area is 165 Å². The molecule has 1 aliphatic heterocycles. The number of imide groups is 1. The maximum atomic E-state index is 12.5. The molecular weight excluding hydrogens is 422 g/mol. The third kappa shape index (κ3) is 4.67. The van der Waals surface area contributed by atoms with Crippen molar-refractivity contribution < 1.29 is 23.9 Å². The Kier molecular flexibility index (Phi) is 6.88. The summed E-state index contributed by atoms with van der Waals surface area (Å²) in [5, 5.41) is -0.486. The van der Waals surface area contributed by atoms with Crippen molar-refractivity contribution in [1.82, 2.24) is 4.90 Å². The van der Waals surface area contributed by atoms with Gasteiger partial charge in [0, 0.05) is 0 Å². The van der Waals surface area contributed by atoms with Crippen LogP contribution in [0.15, 0.2) is 27.6 Å². The summed E-state index contributed by atoms with van der Waals surface area (Å²) in [6, 6.07) is 4.44. The molecule has 0 aromatic heterocycles. The van der Waals surface area contributed by atoms with E-state index in [0.717, 1.165) is 26.7 Å². The molecule has 0 unspecified atom stereocenters. The summed E-state index contributed by atoms with van der Waals surface area (Å²) in [7, 11) is 0. The van der Waals surface area contributed by atoms with Crippen LogP contribution < -0.4 is 4.74 Å². The Morgan fingerprint density at radius 1 is 1.31 bits per heavy atom. The lowest BCUT2D eigenvalue weighted by atomic mass is 10.2. The number of hydrogen-bond acceptors (Lipinski definition) is 6. The first-order chi connectivity index (χ1) is 12.2. The lowest BCUT2D eigenvalue weighted by Crippen LogP contribution is -2.42. The van der Waals surface area contributed by atoms with Gasteiger partial charge < -0.3 is 9.47 Å². The van der Waals surface area contributed by atoms with Crippen molar-refractivity contribution in [2.24, 2.45) is 0 Å². The largest absolute Gasteiger partial charge is 0.490 e. The first-order valence-electron chi connectivity index (χ1n) is 8.14. The topological polar surface area (TPSA) is 72.9 Å². The second kappa shape index (κ2) is 8.73. The molecule has 0 bridgehead atoms. The number of amides is 2. The Bertz CT molecular complexity index is 762. The summed E-state index contributed by atoms with van der Waals surface area (Å²) in [6.45, 7) is 7.20. The van der Waals surface area contributed by atoms with E-state index in [0.29, 0.717) is 5.75 Å². The summed E-state index contributed by atoms with van der Waals surface area (Å²) in [4.78, 5) is 37.7. The number of ether oxygens (including phenoxy) is 2. The van der Waals surface area contributed by atoms with E-state index in [1.54, 1.807) is 31.2 Å². The van der Waals surface area contributed by atoms with Gasteiger partial charge in [-0.25, -0.2) is 4.79 Å². The van der Waals surface area contributed by atoms with Gasteiger partial charge >= 0.3 is 5.97 Å². The van der Waals surface area contributed by atoms with Gasteiger partial charge in [-0.05, 0) is 79.2 Å². The van der Waals surface area contributed by atoms with E-state index in [2.05, 4.69) is 15.9 Å². The fourth-order valence-electron chi connectivity index (χ4n) is 2.29. The Hall–Kier alpha value is -1.80. The molecule has 0 saturated carbocycles. The average molecular weight is 442 g/mol. The van der Waals surface area contributed by atoms with Gasteiger partial charge in [-0.2, -0.15) is 0 Å². The fourth-order valence-corrected chi connectivity index (χ4v) is 3.69. The Balaban J connectivity index is 2.22. The number of rotatable bonds is 6. The molecule has 1 heterocycles. The normalized spacial score (nSPS) is 17.2. The quantitative estimate of drug-likeness (QED) is 0.485. The molecule has 140 valence electrons. The number of halogens is 1. The van der Waals surface area contributed by atoms with Crippen LogP contribution in [0.2, 0.25) is 0 Å². The number of carbonyl (C=O) groups excluding carboxylic acids is 3. The molecule has 0 aliphatic carbocycles. The van der Waals surface area contributed by atoms with Crippen LogP contribution in [0.3, 0.4) is 0 Å². The summed E-state index contributed by atoms with van der Waals surface area (Å²) < 4.78 is 11.3. The highest BCUT2D eigenvalue weighted by atomic mass is 79.9. The lowest BCUT2D eigenvalue weighted by Gasteiger charge is -2.19. The zero-order chi connectivity index (χ0) is 19.4.